The van der Waals surface area contributed by atoms with Gasteiger partial charge in [0.05, 0.1) is 6.61 Å². The van der Waals surface area contributed by atoms with E-state index in [1.165, 1.54) is 5.57 Å². The molecule has 0 aliphatic heterocycles. The number of rotatable bonds is 3. The second-order valence-electron chi connectivity index (χ2n) is 12.3. The molecule has 3 fully saturated rings. The Morgan fingerprint density at radius 1 is 1.17 bits per heavy atom. The Morgan fingerprint density at radius 2 is 1.90 bits per heavy atom. The first-order valence-electron chi connectivity index (χ1n) is 12.0. The van der Waals surface area contributed by atoms with E-state index in [1.807, 2.05) is 0 Å². The topological polar surface area (TPSA) is 46.5 Å². The van der Waals surface area contributed by atoms with Crippen LogP contribution in [0.5, 0.6) is 0 Å². The Bertz CT molecular complexity index is 705. The van der Waals surface area contributed by atoms with Crippen LogP contribution < -0.4 is 0 Å². The summed E-state index contributed by atoms with van der Waals surface area (Å²) in [5.41, 5.74) is 1.33. The second kappa shape index (κ2) is 7.03. The second-order valence-corrected chi connectivity index (χ2v) is 17.1. The average molecular weight is 419 g/mol. The van der Waals surface area contributed by atoms with Crippen LogP contribution >= 0.6 is 0 Å². The SMILES string of the molecule is CC(C)(C)[Si](C)(C)OC1CC[C@@]2(CO)C(=CC[C@@H]3[C@@H]2CC[C@]2(C)C(=O)CC[C@@H]32)C1. The van der Waals surface area contributed by atoms with Crippen molar-refractivity contribution in [2.75, 3.05) is 6.61 Å². The van der Waals surface area contributed by atoms with Gasteiger partial charge in [-0.1, -0.05) is 39.3 Å². The summed E-state index contributed by atoms with van der Waals surface area (Å²) in [5, 5.41) is 10.9. The lowest BCUT2D eigenvalue weighted by Gasteiger charge is -2.58. The molecule has 0 bridgehead atoms. The van der Waals surface area contributed by atoms with Crippen LogP contribution in [0, 0.1) is 28.6 Å². The summed E-state index contributed by atoms with van der Waals surface area (Å²) in [6.07, 6.45) is 11.0. The van der Waals surface area contributed by atoms with E-state index in [2.05, 4.69) is 46.9 Å². The molecule has 29 heavy (non-hydrogen) atoms. The summed E-state index contributed by atoms with van der Waals surface area (Å²) in [6.45, 7) is 14.1. The van der Waals surface area contributed by atoms with Crippen molar-refractivity contribution < 1.29 is 14.3 Å². The van der Waals surface area contributed by atoms with Gasteiger partial charge in [0.25, 0.3) is 0 Å². The molecule has 0 heterocycles. The van der Waals surface area contributed by atoms with E-state index in [-0.39, 0.29) is 22.5 Å². The van der Waals surface area contributed by atoms with Gasteiger partial charge in [0, 0.05) is 23.4 Å². The van der Waals surface area contributed by atoms with E-state index in [0.29, 0.717) is 29.6 Å². The standard InChI is InChI=1S/C25H42O3Si/c1-23(2,3)29(5,6)28-18-11-14-25(16-26)17(15-18)7-8-19-20-9-10-22(27)24(20,4)13-12-21(19)25/h7,18-21,26H,8-16H2,1-6H3/t18?,19-,20-,21-,24-,25+/m0/s1. The van der Waals surface area contributed by atoms with Crippen molar-refractivity contribution in [1.29, 1.82) is 0 Å². The molecule has 0 aromatic rings. The van der Waals surface area contributed by atoms with E-state index in [1.54, 1.807) is 0 Å². The lowest BCUT2D eigenvalue weighted by Crippen LogP contribution is -2.54. The van der Waals surface area contributed by atoms with Crippen molar-refractivity contribution >= 4 is 14.1 Å². The molecule has 4 rings (SSSR count). The van der Waals surface area contributed by atoms with Gasteiger partial charge >= 0.3 is 0 Å². The molecule has 0 saturated heterocycles. The molecule has 4 aliphatic carbocycles. The maximum absolute atomic E-state index is 12.6. The highest BCUT2D eigenvalue weighted by molar-refractivity contribution is 6.74. The molecule has 0 aromatic carbocycles. The molecule has 0 aromatic heterocycles. The highest BCUT2D eigenvalue weighted by atomic mass is 28.4. The molecule has 1 N–H and O–H groups in total. The number of ketones is 1. The van der Waals surface area contributed by atoms with Crippen molar-refractivity contribution in [2.24, 2.45) is 28.6 Å². The number of aliphatic hydroxyl groups excluding tert-OH is 1. The molecule has 0 spiro atoms. The average Bonchev–Trinajstić information content (AvgIpc) is 2.95. The molecule has 6 atom stereocenters. The normalized spacial score (nSPS) is 42.7. The first kappa shape index (κ1) is 21.8. The van der Waals surface area contributed by atoms with Crippen LogP contribution in [0.25, 0.3) is 0 Å². The molecule has 3 nitrogen and oxygen atoms in total. The Kier molecular flexibility index (Phi) is 5.28. The highest BCUT2D eigenvalue weighted by Gasteiger charge is 2.60. The summed E-state index contributed by atoms with van der Waals surface area (Å²) in [5.74, 6) is 2.15. The number of hydrogen-bond acceptors (Lipinski definition) is 3. The molecule has 4 heteroatoms. The van der Waals surface area contributed by atoms with Gasteiger partial charge in [-0.15, -0.1) is 0 Å². The van der Waals surface area contributed by atoms with Gasteiger partial charge in [0.15, 0.2) is 8.32 Å². The van der Waals surface area contributed by atoms with Crippen molar-refractivity contribution in [3.63, 3.8) is 0 Å². The third kappa shape index (κ3) is 3.24. The van der Waals surface area contributed by atoms with E-state index in [9.17, 15) is 9.90 Å². The Labute approximate surface area is 178 Å². The fourth-order valence-corrected chi connectivity index (χ4v) is 8.57. The zero-order valence-electron chi connectivity index (χ0n) is 19.5. The van der Waals surface area contributed by atoms with Gasteiger partial charge in [0.1, 0.15) is 5.78 Å². The summed E-state index contributed by atoms with van der Waals surface area (Å²) >= 11 is 0. The van der Waals surface area contributed by atoms with E-state index in [0.717, 1.165) is 51.4 Å². The van der Waals surface area contributed by atoms with Crippen molar-refractivity contribution in [3.8, 4) is 0 Å². The van der Waals surface area contributed by atoms with Gasteiger partial charge in [0.2, 0.25) is 0 Å². The van der Waals surface area contributed by atoms with Crippen LogP contribution in [0.2, 0.25) is 18.1 Å². The molecule has 0 radical (unpaired) electrons. The number of carbonyl (C=O) groups is 1. The minimum Gasteiger partial charge on any atom is -0.414 e. The van der Waals surface area contributed by atoms with Crippen molar-refractivity contribution in [1.82, 2.24) is 0 Å². The lowest BCUT2D eigenvalue weighted by atomic mass is 9.47. The molecule has 164 valence electrons. The van der Waals surface area contributed by atoms with E-state index >= 15 is 0 Å². The van der Waals surface area contributed by atoms with Crippen LogP contribution in [0.4, 0.5) is 0 Å². The summed E-state index contributed by atoms with van der Waals surface area (Å²) < 4.78 is 6.79. The third-order valence-electron chi connectivity index (χ3n) is 10.0. The van der Waals surface area contributed by atoms with E-state index < -0.39 is 8.32 Å². The van der Waals surface area contributed by atoms with Gasteiger partial charge in [-0.25, -0.2) is 0 Å². The highest BCUT2D eigenvalue weighted by Crippen LogP contribution is 2.64. The molecular formula is C25H42O3Si. The van der Waals surface area contributed by atoms with Gasteiger partial charge in [-0.05, 0) is 80.8 Å². The Balaban J connectivity index is 1.57. The number of hydrogen-bond donors (Lipinski definition) is 1. The largest absolute Gasteiger partial charge is 0.414 e. The summed E-state index contributed by atoms with van der Waals surface area (Å²) in [7, 11) is -1.78. The fraction of sp³-hybridized carbons (Fsp3) is 0.880. The van der Waals surface area contributed by atoms with E-state index in [4.69, 9.17) is 4.43 Å². The zero-order valence-corrected chi connectivity index (χ0v) is 20.5. The number of aliphatic hydroxyl groups is 1. The zero-order chi connectivity index (χ0) is 21.2. The minimum atomic E-state index is -1.78. The van der Waals surface area contributed by atoms with Gasteiger partial charge in [-0.2, -0.15) is 0 Å². The van der Waals surface area contributed by atoms with Crippen LogP contribution in [-0.4, -0.2) is 31.9 Å². The maximum atomic E-state index is 12.6. The van der Waals surface area contributed by atoms with Crippen LogP contribution in [0.3, 0.4) is 0 Å². The predicted octanol–water partition coefficient (Wildman–Crippen LogP) is 5.88. The summed E-state index contributed by atoms with van der Waals surface area (Å²) in [4.78, 5) is 12.6. The van der Waals surface area contributed by atoms with Crippen molar-refractivity contribution in [3.05, 3.63) is 11.6 Å². The van der Waals surface area contributed by atoms with Gasteiger partial charge < -0.3 is 9.53 Å². The number of carbonyl (C=O) groups excluding carboxylic acids is 1. The molecule has 1 unspecified atom stereocenters. The molecule has 3 saturated carbocycles. The third-order valence-corrected chi connectivity index (χ3v) is 14.6. The quantitative estimate of drug-likeness (QED) is 0.460. The predicted molar refractivity (Wildman–Crippen MR) is 120 cm³/mol. The lowest BCUT2D eigenvalue weighted by molar-refractivity contribution is -0.133. The Hall–Kier alpha value is -0.453. The van der Waals surface area contributed by atoms with Crippen LogP contribution in [0.15, 0.2) is 11.6 Å². The van der Waals surface area contributed by atoms with Gasteiger partial charge in [-0.3, -0.25) is 4.79 Å². The smallest absolute Gasteiger partial charge is 0.192 e. The first-order chi connectivity index (χ1) is 13.4. The Morgan fingerprint density at radius 3 is 2.55 bits per heavy atom. The fourth-order valence-electron chi connectivity index (χ4n) is 7.18. The molecule has 0 amide bonds. The first-order valence-corrected chi connectivity index (χ1v) is 14.9. The summed E-state index contributed by atoms with van der Waals surface area (Å²) in [6, 6.07) is 0. The van der Waals surface area contributed by atoms with Crippen LogP contribution in [0.1, 0.15) is 79.1 Å². The molecule has 4 aliphatic rings. The molecular weight excluding hydrogens is 376 g/mol. The number of fused-ring (bicyclic) bond motifs is 5. The minimum absolute atomic E-state index is 0.0524. The number of Topliss-reactive ketones (excluding diaryl/α,β-unsaturated/α-hetero) is 1. The number of allylic oxidation sites excluding steroid dienone is 1. The van der Waals surface area contributed by atoms with Crippen molar-refractivity contribution in [2.45, 2.75) is 103 Å². The monoisotopic (exact) mass is 418 g/mol. The maximum Gasteiger partial charge on any atom is 0.192 e. The van der Waals surface area contributed by atoms with Crippen LogP contribution in [-0.2, 0) is 9.22 Å².